The van der Waals surface area contributed by atoms with Gasteiger partial charge in [0.05, 0.1) is 5.92 Å². The van der Waals surface area contributed by atoms with E-state index in [1.165, 1.54) is 21.3 Å². The summed E-state index contributed by atoms with van der Waals surface area (Å²) in [6.07, 6.45) is 1.19. The fourth-order valence-electron chi connectivity index (χ4n) is 2.34. The number of hydrogen-bond donors (Lipinski definition) is 3. The first-order chi connectivity index (χ1) is 10.6. The van der Waals surface area contributed by atoms with E-state index in [2.05, 4.69) is 5.32 Å². The predicted molar refractivity (Wildman–Crippen MR) is 90.1 cm³/mol. The first-order valence-electron chi connectivity index (χ1n) is 7.99. The molecule has 0 aliphatic rings. The summed E-state index contributed by atoms with van der Waals surface area (Å²) in [6.45, 7) is 5.96. The van der Waals surface area contributed by atoms with Gasteiger partial charge in [-0.2, -0.15) is 0 Å². The van der Waals surface area contributed by atoms with E-state index in [1.807, 2.05) is 20.8 Å². The summed E-state index contributed by atoms with van der Waals surface area (Å²) in [5, 5.41) is 22.5. The predicted octanol–water partition coefficient (Wildman–Crippen LogP) is 1.83. The molecule has 0 spiro atoms. The van der Waals surface area contributed by atoms with Crippen LogP contribution in [0.5, 0.6) is 0 Å². The fraction of sp³-hybridized carbons (Fsp3) is 0.933. The van der Waals surface area contributed by atoms with E-state index in [4.69, 9.17) is 13.3 Å². The van der Waals surface area contributed by atoms with Crippen molar-refractivity contribution < 1.29 is 28.3 Å². The van der Waals surface area contributed by atoms with Crippen molar-refractivity contribution in [3.8, 4) is 0 Å². The third-order valence-corrected chi connectivity index (χ3v) is 7.10. The number of aliphatic hydroxyl groups is 1. The van der Waals surface area contributed by atoms with Gasteiger partial charge in [-0.05, 0) is 39.5 Å². The number of hydrogen-bond acceptors (Lipinski definition) is 6. The lowest BCUT2D eigenvalue weighted by Crippen LogP contribution is -2.46. The number of carbonyl (C=O) groups is 1. The zero-order chi connectivity index (χ0) is 18.1. The molecule has 0 bridgehead atoms. The maximum absolute atomic E-state index is 11.4. The molecule has 138 valence electrons. The minimum absolute atomic E-state index is 0.167. The van der Waals surface area contributed by atoms with Gasteiger partial charge in [-0.3, -0.25) is 10.1 Å². The second-order valence-corrected chi connectivity index (χ2v) is 9.45. The quantitative estimate of drug-likeness (QED) is 0.344. The Hall–Kier alpha value is -0.513. The Bertz CT molecular complexity index is 341. The molecular formula is C15H33NO6Si. The van der Waals surface area contributed by atoms with Crippen molar-refractivity contribution >= 4 is 14.8 Å². The molecule has 8 heteroatoms. The van der Waals surface area contributed by atoms with Crippen molar-refractivity contribution in [2.45, 2.75) is 64.3 Å². The Kier molecular flexibility index (Phi) is 10.1. The molecule has 0 saturated carbocycles. The molecule has 0 aromatic rings. The van der Waals surface area contributed by atoms with Gasteiger partial charge >= 0.3 is 14.8 Å². The highest BCUT2D eigenvalue weighted by molar-refractivity contribution is 6.60. The van der Waals surface area contributed by atoms with Gasteiger partial charge in [-0.1, -0.05) is 6.92 Å². The molecule has 0 heterocycles. The van der Waals surface area contributed by atoms with E-state index in [0.29, 0.717) is 18.9 Å². The number of aliphatic hydroxyl groups excluding tert-OH is 1. The molecule has 2 atom stereocenters. The van der Waals surface area contributed by atoms with E-state index >= 15 is 0 Å². The lowest BCUT2D eigenvalue weighted by atomic mass is 9.96. The third-order valence-electron chi connectivity index (χ3n) is 4.27. The van der Waals surface area contributed by atoms with Gasteiger partial charge in [0, 0.05) is 32.9 Å². The van der Waals surface area contributed by atoms with Crippen LogP contribution >= 0.6 is 0 Å². The summed E-state index contributed by atoms with van der Waals surface area (Å²) < 4.78 is 16.0. The van der Waals surface area contributed by atoms with Crippen molar-refractivity contribution in [2.24, 2.45) is 5.92 Å². The molecule has 23 heavy (non-hydrogen) atoms. The summed E-state index contributed by atoms with van der Waals surface area (Å²) >= 11 is 0. The maximum atomic E-state index is 11.4. The maximum Gasteiger partial charge on any atom is 0.500 e. The van der Waals surface area contributed by atoms with Crippen LogP contribution in [0.3, 0.4) is 0 Å². The molecule has 0 fully saturated rings. The van der Waals surface area contributed by atoms with E-state index in [1.54, 1.807) is 0 Å². The van der Waals surface area contributed by atoms with Gasteiger partial charge in [-0.25, -0.2) is 0 Å². The lowest BCUT2D eigenvalue weighted by molar-refractivity contribution is -0.143. The molecule has 0 aliphatic carbocycles. The highest BCUT2D eigenvalue weighted by atomic mass is 28.4. The van der Waals surface area contributed by atoms with Crippen molar-refractivity contribution in [3.63, 3.8) is 0 Å². The second kappa shape index (κ2) is 10.4. The average molecular weight is 352 g/mol. The Morgan fingerprint density at radius 2 is 1.74 bits per heavy atom. The van der Waals surface area contributed by atoms with Gasteiger partial charge < -0.3 is 23.5 Å². The van der Waals surface area contributed by atoms with Crippen LogP contribution in [0.4, 0.5) is 0 Å². The van der Waals surface area contributed by atoms with Crippen molar-refractivity contribution in [1.29, 1.82) is 0 Å². The van der Waals surface area contributed by atoms with Crippen LogP contribution in [-0.4, -0.2) is 58.1 Å². The summed E-state index contributed by atoms with van der Waals surface area (Å²) in [7, 11) is 1.93. The fourth-order valence-corrected chi connectivity index (χ4v) is 4.09. The van der Waals surface area contributed by atoms with Crippen LogP contribution in [0.1, 0.15) is 46.5 Å². The highest BCUT2D eigenvalue weighted by Crippen LogP contribution is 2.22. The Balaban J connectivity index is 4.51. The van der Waals surface area contributed by atoms with Crippen LogP contribution in [0.15, 0.2) is 0 Å². The molecule has 0 saturated heterocycles. The highest BCUT2D eigenvalue weighted by Gasteiger charge is 2.37. The summed E-state index contributed by atoms with van der Waals surface area (Å²) in [5.41, 5.74) is -0.229. The van der Waals surface area contributed by atoms with Gasteiger partial charge in [-0.15, -0.1) is 0 Å². The third kappa shape index (κ3) is 8.23. The summed E-state index contributed by atoms with van der Waals surface area (Å²) in [6, 6.07) is 0.546. The topological polar surface area (TPSA) is 97.3 Å². The van der Waals surface area contributed by atoms with E-state index < -0.39 is 26.9 Å². The molecule has 3 N–H and O–H groups in total. The monoisotopic (exact) mass is 351 g/mol. The van der Waals surface area contributed by atoms with Crippen molar-refractivity contribution in [3.05, 3.63) is 0 Å². The molecule has 0 radical (unpaired) electrons. The largest absolute Gasteiger partial charge is 0.500 e. The number of nitrogens with one attached hydrogen (secondary N) is 1. The SMILES string of the molecule is CCC(C)(C)NC(O)CC(CCC[Si](OC)(OC)OC)C(=O)O. The van der Waals surface area contributed by atoms with Crippen molar-refractivity contribution in [1.82, 2.24) is 5.32 Å². The number of carboxylic acid groups (broad SMARTS) is 1. The standard InChI is InChI=1S/C15H33NO6Si/c1-7-15(2,3)16-13(17)11-12(14(18)19)9-8-10-23(20-4,21-5)22-6/h12-13,16-17H,7-11H2,1-6H3,(H,18,19). The minimum Gasteiger partial charge on any atom is -0.481 e. The zero-order valence-electron chi connectivity index (χ0n) is 15.2. The molecule has 7 nitrogen and oxygen atoms in total. The number of aliphatic carboxylic acids is 1. The van der Waals surface area contributed by atoms with Crippen LogP contribution in [0, 0.1) is 5.92 Å². The lowest BCUT2D eigenvalue weighted by Gasteiger charge is -2.29. The average Bonchev–Trinajstić information content (AvgIpc) is 2.50. The van der Waals surface area contributed by atoms with Gasteiger partial charge in [0.15, 0.2) is 0 Å². The summed E-state index contributed by atoms with van der Waals surface area (Å²) in [5.74, 6) is -1.53. The molecule has 0 aromatic carbocycles. The normalized spacial score (nSPS) is 15.4. The number of carboxylic acids is 1. The first kappa shape index (κ1) is 22.5. The van der Waals surface area contributed by atoms with Crippen LogP contribution in [0.2, 0.25) is 6.04 Å². The number of rotatable bonds is 13. The zero-order valence-corrected chi connectivity index (χ0v) is 16.2. The van der Waals surface area contributed by atoms with Gasteiger partial charge in [0.25, 0.3) is 0 Å². The van der Waals surface area contributed by atoms with E-state index in [0.717, 1.165) is 6.42 Å². The summed E-state index contributed by atoms with van der Waals surface area (Å²) in [4.78, 5) is 11.4. The van der Waals surface area contributed by atoms with Gasteiger partial charge in [0.1, 0.15) is 6.23 Å². The van der Waals surface area contributed by atoms with Crippen LogP contribution < -0.4 is 5.32 Å². The smallest absolute Gasteiger partial charge is 0.481 e. The van der Waals surface area contributed by atoms with Gasteiger partial charge in [0.2, 0.25) is 0 Å². The van der Waals surface area contributed by atoms with Crippen LogP contribution in [0.25, 0.3) is 0 Å². The first-order valence-corrected chi connectivity index (χ1v) is 9.92. The van der Waals surface area contributed by atoms with Crippen LogP contribution in [-0.2, 0) is 18.1 Å². The molecular weight excluding hydrogens is 318 g/mol. The van der Waals surface area contributed by atoms with Crippen molar-refractivity contribution in [2.75, 3.05) is 21.3 Å². The molecule has 0 amide bonds. The molecule has 2 unspecified atom stereocenters. The minimum atomic E-state index is -2.67. The van der Waals surface area contributed by atoms with E-state index in [-0.39, 0.29) is 12.0 Å². The Labute approximate surface area is 140 Å². The Morgan fingerprint density at radius 1 is 1.22 bits per heavy atom. The van der Waals surface area contributed by atoms with E-state index in [9.17, 15) is 15.0 Å². The molecule has 0 rings (SSSR count). The molecule has 0 aromatic heterocycles. The molecule has 0 aliphatic heterocycles. The Morgan fingerprint density at radius 3 is 2.13 bits per heavy atom. The second-order valence-electron chi connectivity index (χ2n) is 6.36.